The lowest BCUT2D eigenvalue weighted by atomic mass is 10.2. The van der Waals surface area contributed by atoms with Crippen molar-refractivity contribution in [3.63, 3.8) is 0 Å². The summed E-state index contributed by atoms with van der Waals surface area (Å²) in [5, 5.41) is 4.71. The van der Waals surface area contributed by atoms with Crippen LogP contribution in [0.4, 0.5) is 0 Å². The van der Waals surface area contributed by atoms with Crippen LogP contribution in [-0.4, -0.2) is 17.0 Å². The predicted octanol–water partition coefficient (Wildman–Crippen LogP) is 2.97. The summed E-state index contributed by atoms with van der Waals surface area (Å²) < 4.78 is 1.89. The van der Waals surface area contributed by atoms with Crippen LogP contribution in [0, 0.1) is 5.92 Å². The maximum absolute atomic E-state index is 12.1. The molecule has 3 nitrogen and oxygen atoms in total. The lowest BCUT2D eigenvalue weighted by Gasteiger charge is -2.05. The largest absolute Gasteiger partial charge is 0.350 e. The van der Waals surface area contributed by atoms with E-state index < -0.39 is 0 Å². The summed E-state index contributed by atoms with van der Waals surface area (Å²) >= 11 is 5.98. The fourth-order valence-corrected chi connectivity index (χ4v) is 2.34. The molecule has 1 aliphatic carbocycles. The molecule has 0 unspecified atom stereocenters. The van der Waals surface area contributed by atoms with Gasteiger partial charge in [0.05, 0.1) is 0 Å². The number of nitrogens with one attached hydrogen (secondary N) is 1. The van der Waals surface area contributed by atoms with Gasteiger partial charge in [0.2, 0.25) is 0 Å². The van der Waals surface area contributed by atoms with E-state index in [0.29, 0.717) is 16.6 Å². The number of aromatic nitrogens is 1. The number of amides is 1. The third-order valence-corrected chi connectivity index (χ3v) is 3.72. The summed E-state index contributed by atoms with van der Waals surface area (Å²) in [6, 6.07) is 7.58. The zero-order valence-corrected chi connectivity index (χ0v) is 11.0. The van der Waals surface area contributed by atoms with Crippen LogP contribution in [0.5, 0.6) is 0 Å². The molecule has 0 bridgehead atoms. The molecule has 3 rings (SSSR count). The van der Waals surface area contributed by atoms with E-state index in [0.717, 1.165) is 17.4 Å². The first-order chi connectivity index (χ1) is 8.65. The molecule has 1 aromatic carbocycles. The highest BCUT2D eigenvalue weighted by atomic mass is 35.5. The Morgan fingerprint density at radius 3 is 2.94 bits per heavy atom. The van der Waals surface area contributed by atoms with Crippen LogP contribution in [0.1, 0.15) is 23.3 Å². The third-order valence-electron chi connectivity index (χ3n) is 3.49. The SMILES string of the molecule is Cn1c(C(=O)NCC2CC2)cc2ccc(Cl)cc21. The average Bonchev–Trinajstić information content (AvgIpc) is 3.12. The van der Waals surface area contributed by atoms with E-state index in [9.17, 15) is 4.79 Å². The number of carbonyl (C=O) groups is 1. The van der Waals surface area contributed by atoms with Crippen LogP contribution in [-0.2, 0) is 7.05 Å². The topological polar surface area (TPSA) is 34.0 Å². The summed E-state index contributed by atoms with van der Waals surface area (Å²) in [7, 11) is 1.89. The van der Waals surface area contributed by atoms with Crippen LogP contribution < -0.4 is 5.32 Å². The van der Waals surface area contributed by atoms with Crippen molar-refractivity contribution in [3.05, 3.63) is 35.0 Å². The number of aryl methyl sites for hydroxylation is 1. The molecule has 1 aromatic heterocycles. The number of rotatable bonds is 3. The van der Waals surface area contributed by atoms with E-state index in [1.54, 1.807) is 0 Å². The number of benzene rings is 1. The van der Waals surface area contributed by atoms with Crippen molar-refractivity contribution in [1.82, 2.24) is 9.88 Å². The van der Waals surface area contributed by atoms with Crippen molar-refractivity contribution >= 4 is 28.4 Å². The second-order valence-electron chi connectivity index (χ2n) is 4.95. The summed E-state index contributed by atoms with van der Waals surface area (Å²) in [6.07, 6.45) is 2.48. The molecule has 0 atom stereocenters. The highest BCUT2D eigenvalue weighted by Crippen LogP contribution is 2.28. The molecule has 2 aromatic rings. The van der Waals surface area contributed by atoms with Gasteiger partial charge in [-0.05, 0) is 37.0 Å². The number of halogens is 1. The van der Waals surface area contributed by atoms with Crippen LogP contribution >= 0.6 is 11.6 Å². The zero-order valence-electron chi connectivity index (χ0n) is 10.2. The maximum Gasteiger partial charge on any atom is 0.267 e. The maximum atomic E-state index is 12.1. The van der Waals surface area contributed by atoms with Gasteiger partial charge in [0.15, 0.2) is 0 Å². The highest BCUT2D eigenvalue weighted by Gasteiger charge is 2.22. The zero-order chi connectivity index (χ0) is 12.7. The molecule has 0 spiro atoms. The number of hydrogen-bond donors (Lipinski definition) is 1. The number of nitrogens with zero attached hydrogens (tertiary/aromatic N) is 1. The molecule has 1 aliphatic rings. The van der Waals surface area contributed by atoms with Crippen LogP contribution in [0.15, 0.2) is 24.3 Å². The van der Waals surface area contributed by atoms with Crippen molar-refractivity contribution in [2.24, 2.45) is 13.0 Å². The molecule has 0 aliphatic heterocycles. The molecule has 1 fully saturated rings. The Labute approximate surface area is 111 Å². The van der Waals surface area contributed by atoms with E-state index in [1.807, 2.05) is 35.9 Å². The molecule has 18 heavy (non-hydrogen) atoms. The van der Waals surface area contributed by atoms with E-state index in [2.05, 4.69) is 5.32 Å². The lowest BCUT2D eigenvalue weighted by Crippen LogP contribution is -2.27. The average molecular weight is 263 g/mol. The molecule has 4 heteroatoms. The van der Waals surface area contributed by atoms with Crippen molar-refractivity contribution < 1.29 is 4.79 Å². The predicted molar refractivity (Wildman–Crippen MR) is 73.0 cm³/mol. The normalized spacial score (nSPS) is 15.0. The molecule has 1 heterocycles. The fraction of sp³-hybridized carbons (Fsp3) is 0.357. The van der Waals surface area contributed by atoms with Gasteiger partial charge in [0, 0.05) is 29.5 Å². The number of fused-ring (bicyclic) bond motifs is 1. The van der Waals surface area contributed by atoms with Gasteiger partial charge in [-0.3, -0.25) is 4.79 Å². The van der Waals surface area contributed by atoms with Crippen molar-refractivity contribution in [3.8, 4) is 0 Å². The standard InChI is InChI=1S/C14H15ClN2O/c1-17-12-7-11(15)5-4-10(12)6-13(17)14(18)16-8-9-2-3-9/h4-7,9H,2-3,8H2,1H3,(H,16,18). The molecule has 1 N–H and O–H groups in total. The van der Waals surface area contributed by atoms with E-state index in [4.69, 9.17) is 11.6 Å². The first kappa shape index (κ1) is 11.6. The Bertz CT molecular complexity index is 614. The fourth-order valence-electron chi connectivity index (χ4n) is 2.17. The second kappa shape index (κ2) is 4.32. The van der Waals surface area contributed by atoms with Crippen LogP contribution in [0.3, 0.4) is 0 Å². The molecule has 0 saturated heterocycles. The van der Waals surface area contributed by atoms with Crippen LogP contribution in [0.25, 0.3) is 10.9 Å². The van der Waals surface area contributed by atoms with E-state index >= 15 is 0 Å². The summed E-state index contributed by atoms with van der Waals surface area (Å²) in [6.45, 7) is 0.793. The first-order valence-electron chi connectivity index (χ1n) is 6.18. The highest BCUT2D eigenvalue weighted by molar-refractivity contribution is 6.31. The van der Waals surface area contributed by atoms with Crippen molar-refractivity contribution in [2.75, 3.05) is 6.54 Å². The lowest BCUT2D eigenvalue weighted by molar-refractivity contribution is 0.0944. The van der Waals surface area contributed by atoms with Crippen molar-refractivity contribution in [1.29, 1.82) is 0 Å². The quantitative estimate of drug-likeness (QED) is 0.907. The monoisotopic (exact) mass is 262 g/mol. The molecule has 94 valence electrons. The molecular weight excluding hydrogens is 248 g/mol. The van der Waals surface area contributed by atoms with Gasteiger partial charge < -0.3 is 9.88 Å². The Kier molecular flexibility index (Phi) is 2.78. The molecule has 0 radical (unpaired) electrons. The Morgan fingerprint density at radius 2 is 2.22 bits per heavy atom. The Morgan fingerprint density at radius 1 is 1.44 bits per heavy atom. The molecule has 1 saturated carbocycles. The smallest absolute Gasteiger partial charge is 0.267 e. The van der Waals surface area contributed by atoms with E-state index in [1.165, 1.54) is 12.8 Å². The minimum absolute atomic E-state index is 0.00303. The second-order valence-corrected chi connectivity index (χ2v) is 5.38. The van der Waals surface area contributed by atoms with E-state index in [-0.39, 0.29) is 5.91 Å². The van der Waals surface area contributed by atoms with Crippen LogP contribution in [0.2, 0.25) is 5.02 Å². The minimum atomic E-state index is -0.00303. The van der Waals surface area contributed by atoms with Gasteiger partial charge in [0.1, 0.15) is 5.69 Å². The Balaban J connectivity index is 1.90. The van der Waals surface area contributed by atoms with Gasteiger partial charge in [-0.1, -0.05) is 17.7 Å². The van der Waals surface area contributed by atoms with Gasteiger partial charge in [-0.2, -0.15) is 0 Å². The number of hydrogen-bond acceptors (Lipinski definition) is 1. The first-order valence-corrected chi connectivity index (χ1v) is 6.56. The minimum Gasteiger partial charge on any atom is -0.350 e. The van der Waals surface area contributed by atoms with Gasteiger partial charge in [-0.25, -0.2) is 0 Å². The number of carbonyl (C=O) groups excluding carboxylic acids is 1. The molecule has 1 amide bonds. The van der Waals surface area contributed by atoms with Gasteiger partial charge >= 0.3 is 0 Å². The summed E-state index contributed by atoms with van der Waals surface area (Å²) in [4.78, 5) is 12.1. The Hall–Kier alpha value is -1.48. The third kappa shape index (κ3) is 2.10. The van der Waals surface area contributed by atoms with Gasteiger partial charge in [-0.15, -0.1) is 0 Å². The summed E-state index contributed by atoms with van der Waals surface area (Å²) in [5.41, 5.74) is 1.67. The summed E-state index contributed by atoms with van der Waals surface area (Å²) in [5.74, 6) is 0.690. The van der Waals surface area contributed by atoms with Crippen molar-refractivity contribution in [2.45, 2.75) is 12.8 Å². The van der Waals surface area contributed by atoms with Gasteiger partial charge in [0.25, 0.3) is 5.91 Å². The molecular formula is C14H15ClN2O.